The van der Waals surface area contributed by atoms with Gasteiger partial charge in [-0.3, -0.25) is 0 Å². The van der Waals surface area contributed by atoms with Crippen molar-refractivity contribution >= 4 is 44.6 Å². The lowest BCUT2D eigenvalue weighted by atomic mass is 10.0. The van der Waals surface area contributed by atoms with Crippen molar-refractivity contribution in [3.05, 3.63) is 57.7 Å². The third-order valence-corrected chi connectivity index (χ3v) is 6.07. The van der Waals surface area contributed by atoms with Gasteiger partial charge in [-0.05, 0) is 48.2 Å². The average molecular weight is 449 g/mol. The van der Waals surface area contributed by atoms with E-state index in [1.165, 1.54) is 0 Å². The van der Waals surface area contributed by atoms with Gasteiger partial charge in [0.2, 0.25) is 0 Å². The zero-order chi connectivity index (χ0) is 19.7. The van der Waals surface area contributed by atoms with Crippen LogP contribution in [-0.4, -0.2) is 39.7 Å². The first-order chi connectivity index (χ1) is 12.8. The molecule has 1 aromatic heterocycles. The molecule has 2 N–H and O–H groups in total. The summed E-state index contributed by atoms with van der Waals surface area (Å²) in [4.78, 5) is 15.2. The summed E-state index contributed by atoms with van der Waals surface area (Å²) in [5, 5.41) is 21.1. The number of aromatic carboxylic acids is 1. The second kappa shape index (κ2) is 7.96. The average Bonchev–Trinajstić information content (AvgIpc) is 2.90. The maximum atomic E-state index is 12.2. The van der Waals surface area contributed by atoms with Crippen LogP contribution < -0.4 is 0 Å². The first-order valence-electron chi connectivity index (χ1n) is 8.38. The van der Waals surface area contributed by atoms with Gasteiger partial charge in [0, 0.05) is 40.9 Å². The first-order valence-corrected chi connectivity index (χ1v) is 10.2. The van der Waals surface area contributed by atoms with Crippen molar-refractivity contribution in [3.8, 4) is 5.75 Å². The first kappa shape index (κ1) is 19.8. The van der Waals surface area contributed by atoms with E-state index in [4.69, 9.17) is 0 Å². The minimum Gasteiger partial charge on any atom is -0.506 e. The maximum Gasteiger partial charge on any atom is 0.338 e. The Hall–Kier alpha value is -1.96. The number of phenols is 1. The van der Waals surface area contributed by atoms with E-state index in [2.05, 4.69) is 15.9 Å². The number of phenolic OH excluding ortho intramolecular Hbond substituents is 1. The van der Waals surface area contributed by atoms with Gasteiger partial charge in [-0.15, -0.1) is 11.8 Å². The van der Waals surface area contributed by atoms with E-state index in [-0.39, 0.29) is 11.3 Å². The van der Waals surface area contributed by atoms with Gasteiger partial charge in [0.15, 0.2) is 0 Å². The number of carbonyl (C=O) groups is 1. The van der Waals surface area contributed by atoms with Crippen LogP contribution in [0.2, 0.25) is 0 Å². The predicted molar refractivity (Wildman–Crippen MR) is 113 cm³/mol. The Balaban J connectivity index is 2.20. The molecule has 0 unspecified atom stereocenters. The molecule has 2 aromatic carbocycles. The molecule has 0 fully saturated rings. The topological polar surface area (TPSA) is 65.7 Å². The van der Waals surface area contributed by atoms with Gasteiger partial charge in [0.25, 0.3) is 0 Å². The number of carboxylic acids is 1. The second-order valence-corrected chi connectivity index (χ2v) is 8.51. The van der Waals surface area contributed by atoms with E-state index >= 15 is 0 Å². The molecular formula is C20H21BrN2O3S. The lowest BCUT2D eigenvalue weighted by molar-refractivity contribution is 0.0698. The van der Waals surface area contributed by atoms with Crippen LogP contribution in [0.3, 0.4) is 0 Å². The fourth-order valence-electron chi connectivity index (χ4n) is 3.22. The van der Waals surface area contributed by atoms with Gasteiger partial charge in [-0.25, -0.2) is 4.79 Å². The highest BCUT2D eigenvalue weighted by Crippen LogP contribution is 2.40. The maximum absolute atomic E-state index is 12.2. The van der Waals surface area contributed by atoms with E-state index in [0.29, 0.717) is 27.7 Å². The van der Waals surface area contributed by atoms with Gasteiger partial charge < -0.3 is 19.7 Å². The summed E-state index contributed by atoms with van der Waals surface area (Å²) < 4.78 is 2.48. The Kier molecular flexibility index (Phi) is 5.83. The lowest BCUT2D eigenvalue weighted by Gasteiger charge is -2.14. The number of carboxylic acid groups (broad SMARTS) is 1. The standard InChI is InChI=1S/C20H21BrN2O3S/c1-22(2)10-13-17-15(9-14(21)19(13)24)23(3)16(18(17)20(25)26)11-27-12-7-5-4-6-8-12/h4-9,24H,10-11H2,1-3H3,(H,25,26). The number of nitrogens with zero attached hydrogens (tertiary/aromatic N) is 2. The number of benzene rings is 2. The molecule has 0 spiro atoms. The van der Waals surface area contributed by atoms with Gasteiger partial charge in [0.05, 0.1) is 15.6 Å². The molecule has 0 radical (unpaired) electrons. The third kappa shape index (κ3) is 3.85. The minimum absolute atomic E-state index is 0.0894. The summed E-state index contributed by atoms with van der Waals surface area (Å²) in [6.45, 7) is 0.442. The summed E-state index contributed by atoms with van der Waals surface area (Å²) in [5.74, 6) is -0.367. The van der Waals surface area contributed by atoms with Gasteiger partial charge in [0.1, 0.15) is 5.75 Å². The van der Waals surface area contributed by atoms with Crippen molar-refractivity contribution in [2.24, 2.45) is 7.05 Å². The van der Waals surface area contributed by atoms with Crippen LogP contribution >= 0.6 is 27.7 Å². The minimum atomic E-state index is -0.981. The summed E-state index contributed by atoms with van der Waals surface area (Å²) in [6, 6.07) is 11.7. The molecule has 0 atom stereocenters. The Morgan fingerprint density at radius 1 is 1.26 bits per heavy atom. The number of aromatic hydroxyl groups is 1. The molecular weight excluding hydrogens is 428 g/mol. The van der Waals surface area contributed by atoms with E-state index < -0.39 is 5.97 Å². The third-order valence-electron chi connectivity index (χ3n) is 4.45. The molecule has 0 saturated heterocycles. The molecule has 0 saturated carbocycles. The Labute approximate surface area is 170 Å². The number of hydrogen-bond acceptors (Lipinski definition) is 4. The number of thioether (sulfide) groups is 1. The molecule has 3 rings (SSSR count). The molecule has 27 heavy (non-hydrogen) atoms. The highest BCUT2D eigenvalue weighted by atomic mass is 79.9. The molecule has 0 aliphatic carbocycles. The summed E-state index contributed by atoms with van der Waals surface area (Å²) >= 11 is 5.00. The van der Waals surface area contributed by atoms with Crippen LogP contribution in [0.1, 0.15) is 21.6 Å². The molecule has 0 aliphatic rings. The van der Waals surface area contributed by atoms with E-state index in [0.717, 1.165) is 16.1 Å². The molecule has 0 aliphatic heterocycles. The lowest BCUT2D eigenvalue weighted by Crippen LogP contribution is -2.12. The van der Waals surface area contributed by atoms with Crippen LogP contribution in [-0.2, 0) is 19.3 Å². The smallest absolute Gasteiger partial charge is 0.338 e. The fraction of sp³-hybridized carbons (Fsp3) is 0.250. The van der Waals surface area contributed by atoms with E-state index in [9.17, 15) is 15.0 Å². The fourth-order valence-corrected chi connectivity index (χ4v) is 4.66. The number of aromatic nitrogens is 1. The van der Waals surface area contributed by atoms with E-state index in [1.54, 1.807) is 17.8 Å². The van der Waals surface area contributed by atoms with Crippen molar-refractivity contribution in [2.45, 2.75) is 17.2 Å². The van der Waals surface area contributed by atoms with Crippen molar-refractivity contribution in [1.29, 1.82) is 0 Å². The van der Waals surface area contributed by atoms with E-state index in [1.807, 2.05) is 60.9 Å². The SMILES string of the molecule is CN(C)Cc1c(O)c(Br)cc2c1c(C(=O)O)c(CSc1ccccc1)n2C. The van der Waals surface area contributed by atoms with Gasteiger partial charge in [-0.2, -0.15) is 0 Å². The highest BCUT2D eigenvalue weighted by Gasteiger charge is 2.26. The Bertz CT molecular complexity index is 1000. The summed E-state index contributed by atoms with van der Waals surface area (Å²) in [6.07, 6.45) is 0. The Morgan fingerprint density at radius 3 is 2.52 bits per heavy atom. The zero-order valence-corrected chi connectivity index (χ0v) is 17.8. The molecule has 142 valence electrons. The van der Waals surface area contributed by atoms with Crippen LogP contribution in [0.15, 0.2) is 45.8 Å². The highest BCUT2D eigenvalue weighted by molar-refractivity contribution is 9.10. The second-order valence-electron chi connectivity index (χ2n) is 6.61. The van der Waals surface area contributed by atoms with Gasteiger partial charge in [-0.1, -0.05) is 18.2 Å². The van der Waals surface area contributed by atoms with Crippen LogP contribution in [0.25, 0.3) is 10.9 Å². The van der Waals surface area contributed by atoms with Crippen molar-refractivity contribution in [3.63, 3.8) is 0 Å². The summed E-state index contributed by atoms with van der Waals surface area (Å²) in [7, 11) is 5.65. The van der Waals surface area contributed by atoms with Gasteiger partial charge >= 0.3 is 5.97 Å². The number of rotatable bonds is 6. The molecule has 0 bridgehead atoms. The molecule has 7 heteroatoms. The largest absolute Gasteiger partial charge is 0.506 e. The number of aryl methyl sites for hydroxylation is 1. The van der Waals surface area contributed by atoms with Crippen LogP contribution in [0, 0.1) is 0 Å². The predicted octanol–water partition coefficient (Wildman–Crippen LogP) is 4.70. The molecule has 1 heterocycles. The number of hydrogen-bond donors (Lipinski definition) is 2. The van der Waals surface area contributed by atoms with Crippen molar-refractivity contribution in [2.75, 3.05) is 14.1 Å². The normalized spacial score (nSPS) is 11.4. The zero-order valence-electron chi connectivity index (χ0n) is 15.4. The number of fused-ring (bicyclic) bond motifs is 1. The molecule has 3 aromatic rings. The van der Waals surface area contributed by atoms with Crippen LogP contribution in [0.4, 0.5) is 0 Å². The summed E-state index contributed by atoms with van der Waals surface area (Å²) in [5.41, 5.74) is 2.39. The Morgan fingerprint density at radius 2 is 1.93 bits per heavy atom. The van der Waals surface area contributed by atoms with Crippen LogP contribution in [0.5, 0.6) is 5.75 Å². The number of halogens is 1. The quantitative estimate of drug-likeness (QED) is 0.535. The van der Waals surface area contributed by atoms with Crippen molar-refractivity contribution < 1.29 is 15.0 Å². The monoisotopic (exact) mass is 448 g/mol. The molecule has 0 amide bonds. The molecule has 5 nitrogen and oxygen atoms in total. The van der Waals surface area contributed by atoms with Crippen molar-refractivity contribution in [1.82, 2.24) is 9.47 Å².